The van der Waals surface area contributed by atoms with Crippen LogP contribution in [0.4, 0.5) is 4.39 Å². The summed E-state index contributed by atoms with van der Waals surface area (Å²) < 4.78 is 17.5. The third kappa shape index (κ3) is 6.31. The Bertz CT molecular complexity index is 411. The number of ether oxygens (including phenoxy) is 1. The van der Waals surface area contributed by atoms with Crippen molar-refractivity contribution < 1.29 is 19.0 Å². The number of hydrogen-bond donors (Lipinski definition) is 1. The number of esters is 1. The Balaban J connectivity index is 2.31. The highest BCUT2D eigenvalue weighted by molar-refractivity contribution is 5.69. The summed E-state index contributed by atoms with van der Waals surface area (Å²) in [5.41, 5.74) is 0.911. The number of hydrogen-bond acceptors (Lipinski definition) is 4. The summed E-state index contributed by atoms with van der Waals surface area (Å²) >= 11 is 0. The molecule has 0 amide bonds. The predicted octanol–water partition coefficient (Wildman–Crippen LogP) is 1.22. The van der Waals surface area contributed by atoms with Gasteiger partial charge in [0.05, 0.1) is 19.6 Å². The van der Waals surface area contributed by atoms with Gasteiger partial charge in [-0.1, -0.05) is 12.1 Å². The SMILES string of the molecule is COC(=O)CC(O)CN(C)CCc1cccc(F)c1. The first kappa shape index (κ1) is 15.6. The molecule has 5 heteroatoms. The van der Waals surface area contributed by atoms with Crippen LogP contribution in [0, 0.1) is 5.82 Å². The minimum atomic E-state index is -0.745. The highest BCUT2D eigenvalue weighted by Gasteiger charge is 2.13. The monoisotopic (exact) mass is 269 g/mol. The molecule has 0 heterocycles. The molecule has 0 aromatic heterocycles. The summed E-state index contributed by atoms with van der Waals surface area (Å²) in [5.74, 6) is -0.670. The zero-order valence-electron chi connectivity index (χ0n) is 11.3. The summed E-state index contributed by atoms with van der Waals surface area (Å²) in [4.78, 5) is 12.9. The molecule has 106 valence electrons. The number of halogens is 1. The van der Waals surface area contributed by atoms with Gasteiger partial charge in [0, 0.05) is 13.1 Å². The van der Waals surface area contributed by atoms with Crippen molar-refractivity contribution in [3.8, 4) is 0 Å². The number of methoxy groups -OCH3 is 1. The van der Waals surface area contributed by atoms with Gasteiger partial charge in [0.25, 0.3) is 0 Å². The molecule has 0 fully saturated rings. The fourth-order valence-corrected chi connectivity index (χ4v) is 1.80. The van der Waals surface area contributed by atoms with Crippen molar-refractivity contribution in [3.05, 3.63) is 35.6 Å². The molecule has 0 saturated carbocycles. The molecule has 1 atom stereocenters. The first-order chi connectivity index (χ1) is 9.01. The standard InChI is InChI=1S/C14H20FNO3/c1-16(10-13(17)9-14(18)19-2)7-6-11-4-3-5-12(15)8-11/h3-5,8,13,17H,6-7,9-10H2,1-2H3. The summed E-state index contributed by atoms with van der Waals surface area (Å²) in [5, 5.41) is 9.66. The van der Waals surface area contributed by atoms with Gasteiger partial charge < -0.3 is 14.7 Å². The van der Waals surface area contributed by atoms with Gasteiger partial charge in [-0.2, -0.15) is 0 Å². The largest absolute Gasteiger partial charge is 0.469 e. The van der Waals surface area contributed by atoms with E-state index in [4.69, 9.17) is 0 Å². The maximum absolute atomic E-state index is 13.0. The minimum Gasteiger partial charge on any atom is -0.469 e. The van der Waals surface area contributed by atoms with Crippen molar-refractivity contribution in [3.63, 3.8) is 0 Å². The molecule has 1 aromatic carbocycles. The normalized spacial score (nSPS) is 12.5. The molecule has 0 aliphatic rings. The number of benzene rings is 1. The molecule has 0 bridgehead atoms. The van der Waals surface area contributed by atoms with Crippen LogP contribution in [0.5, 0.6) is 0 Å². The first-order valence-electron chi connectivity index (χ1n) is 6.19. The lowest BCUT2D eigenvalue weighted by molar-refractivity contribution is -0.143. The Kier molecular flexibility index (Phi) is 6.45. The highest BCUT2D eigenvalue weighted by Crippen LogP contribution is 2.05. The first-order valence-corrected chi connectivity index (χ1v) is 6.19. The van der Waals surface area contributed by atoms with Crippen LogP contribution in [-0.4, -0.2) is 49.3 Å². The third-order valence-electron chi connectivity index (χ3n) is 2.82. The summed E-state index contributed by atoms with van der Waals surface area (Å²) in [6.45, 7) is 1.06. The van der Waals surface area contributed by atoms with Crippen LogP contribution in [0.2, 0.25) is 0 Å². The van der Waals surface area contributed by atoms with Crippen LogP contribution in [0.3, 0.4) is 0 Å². The molecule has 0 saturated heterocycles. The van der Waals surface area contributed by atoms with E-state index in [0.717, 1.165) is 5.56 Å². The van der Waals surface area contributed by atoms with E-state index in [0.29, 0.717) is 19.5 Å². The molecule has 1 aromatic rings. The molecular formula is C14H20FNO3. The molecule has 1 unspecified atom stereocenters. The van der Waals surface area contributed by atoms with Gasteiger partial charge in [-0.15, -0.1) is 0 Å². The van der Waals surface area contributed by atoms with Crippen LogP contribution in [0.1, 0.15) is 12.0 Å². The van der Waals surface area contributed by atoms with Crippen molar-refractivity contribution in [1.29, 1.82) is 0 Å². The number of aliphatic hydroxyl groups is 1. The quantitative estimate of drug-likeness (QED) is 0.756. The zero-order valence-corrected chi connectivity index (χ0v) is 11.3. The Morgan fingerprint density at radius 3 is 2.89 bits per heavy atom. The Labute approximate surface area is 112 Å². The van der Waals surface area contributed by atoms with E-state index in [1.165, 1.54) is 19.2 Å². The van der Waals surface area contributed by atoms with Gasteiger partial charge in [0.2, 0.25) is 0 Å². The van der Waals surface area contributed by atoms with Crippen LogP contribution < -0.4 is 0 Å². The van der Waals surface area contributed by atoms with Gasteiger partial charge in [-0.3, -0.25) is 4.79 Å². The summed E-state index contributed by atoms with van der Waals surface area (Å²) in [6, 6.07) is 6.45. The summed E-state index contributed by atoms with van der Waals surface area (Å²) in [7, 11) is 3.14. The number of nitrogens with zero attached hydrogens (tertiary/aromatic N) is 1. The Morgan fingerprint density at radius 2 is 2.26 bits per heavy atom. The molecule has 1 rings (SSSR count). The second-order valence-electron chi connectivity index (χ2n) is 4.58. The minimum absolute atomic E-state index is 0.0131. The van der Waals surface area contributed by atoms with Crippen molar-refractivity contribution in [2.24, 2.45) is 0 Å². The fraction of sp³-hybridized carbons (Fsp3) is 0.500. The zero-order chi connectivity index (χ0) is 14.3. The number of carbonyl (C=O) groups is 1. The summed E-state index contributed by atoms with van der Waals surface area (Å²) in [6.07, 6.45) is -0.0648. The molecule has 4 nitrogen and oxygen atoms in total. The lowest BCUT2D eigenvalue weighted by atomic mass is 10.1. The maximum Gasteiger partial charge on any atom is 0.308 e. The molecule has 0 aliphatic heterocycles. The van der Waals surface area contributed by atoms with Gasteiger partial charge in [0.1, 0.15) is 5.82 Å². The number of likely N-dealkylation sites (N-methyl/N-ethyl adjacent to an activating group) is 1. The third-order valence-corrected chi connectivity index (χ3v) is 2.82. The van der Waals surface area contributed by atoms with Gasteiger partial charge in [-0.25, -0.2) is 4.39 Å². The Hall–Kier alpha value is -1.46. The fourth-order valence-electron chi connectivity index (χ4n) is 1.80. The molecule has 1 N–H and O–H groups in total. The number of rotatable bonds is 7. The number of carbonyl (C=O) groups excluding carboxylic acids is 1. The smallest absolute Gasteiger partial charge is 0.308 e. The maximum atomic E-state index is 13.0. The molecule has 0 radical (unpaired) electrons. The lowest BCUT2D eigenvalue weighted by Gasteiger charge is -2.19. The van der Waals surface area contributed by atoms with Crippen molar-refractivity contribution in [2.45, 2.75) is 18.9 Å². The van der Waals surface area contributed by atoms with Gasteiger partial charge in [-0.05, 0) is 31.2 Å². The molecule has 0 aliphatic carbocycles. The van der Waals surface area contributed by atoms with E-state index in [-0.39, 0.29) is 12.2 Å². The van der Waals surface area contributed by atoms with Gasteiger partial charge in [0.15, 0.2) is 0 Å². The average molecular weight is 269 g/mol. The van der Waals surface area contributed by atoms with Crippen molar-refractivity contribution in [1.82, 2.24) is 4.90 Å². The van der Waals surface area contributed by atoms with E-state index in [9.17, 15) is 14.3 Å². The van der Waals surface area contributed by atoms with Crippen LogP contribution in [-0.2, 0) is 16.0 Å². The topological polar surface area (TPSA) is 49.8 Å². The van der Waals surface area contributed by atoms with E-state index in [1.807, 2.05) is 18.0 Å². The van der Waals surface area contributed by atoms with E-state index >= 15 is 0 Å². The average Bonchev–Trinajstić information content (AvgIpc) is 2.36. The van der Waals surface area contributed by atoms with E-state index < -0.39 is 12.1 Å². The van der Waals surface area contributed by atoms with Crippen molar-refractivity contribution in [2.75, 3.05) is 27.2 Å². The molecule has 0 spiro atoms. The van der Waals surface area contributed by atoms with E-state index in [1.54, 1.807) is 6.07 Å². The van der Waals surface area contributed by atoms with Crippen LogP contribution in [0.25, 0.3) is 0 Å². The number of aliphatic hydroxyl groups excluding tert-OH is 1. The predicted molar refractivity (Wildman–Crippen MR) is 70.2 cm³/mol. The van der Waals surface area contributed by atoms with Crippen LogP contribution >= 0.6 is 0 Å². The van der Waals surface area contributed by atoms with Crippen molar-refractivity contribution >= 4 is 5.97 Å². The van der Waals surface area contributed by atoms with Gasteiger partial charge >= 0.3 is 5.97 Å². The second-order valence-corrected chi connectivity index (χ2v) is 4.58. The second kappa shape index (κ2) is 7.86. The highest BCUT2D eigenvalue weighted by atomic mass is 19.1. The van der Waals surface area contributed by atoms with E-state index in [2.05, 4.69) is 4.74 Å². The molecule has 19 heavy (non-hydrogen) atoms. The molecular weight excluding hydrogens is 249 g/mol. The Morgan fingerprint density at radius 1 is 1.53 bits per heavy atom. The van der Waals surface area contributed by atoms with Crippen LogP contribution in [0.15, 0.2) is 24.3 Å². The lowest BCUT2D eigenvalue weighted by Crippen LogP contribution is -2.32.